The van der Waals surface area contributed by atoms with Crippen molar-refractivity contribution < 1.29 is 13.9 Å². The van der Waals surface area contributed by atoms with E-state index >= 15 is 0 Å². The van der Waals surface area contributed by atoms with Gasteiger partial charge in [-0.3, -0.25) is 18.9 Å². The second kappa shape index (κ2) is 6.32. The molecule has 4 rings (SSSR count). The lowest BCUT2D eigenvalue weighted by Crippen LogP contribution is -2.21. The van der Waals surface area contributed by atoms with Crippen LogP contribution in [0.1, 0.15) is 15.9 Å². The first-order valence-electron chi connectivity index (χ1n) is 8.23. The second-order valence-electron chi connectivity index (χ2n) is 6.18. The van der Waals surface area contributed by atoms with Crippen molar-refractivity contribution in [1.82, 2.24) is 14.1 Å². The molecule has 0 amide bonds. The summed E-state index contributed by atoms with van der Waals surface area (Å²) >= 11 is 0. The van der Waals surface area contributed by atoms with Gasteiger partial charge < -0.3 is 4.74 Å². The average Bonchev–Trinajstić information content (AvgIpc) is 2.97. The summed E-state index contributed by atoms with van der Waals surface area (Å²) < 4.78 is 22.5. The highest BCUT2D eigenvalue weighted by molar-refractivity contribution is 6.05. The number of nitrogens with zero attached hydrogens (tertiary/aromatic N) is 4. The Hall–Kier alpha value is -3.99. The fourth-order valence-corrected chi connectivity index (χ4v) is 3.29. The molecule has 0 aliphatic carbocycles. The minimum atomic E-state index is -0.706. The quantitative estimate of drug-likeness (QED) is 0.513. The molecule has 2 aromatic carbocycles. The zero-order valence-electron chi connectivity index (χ0n) is 14.9. The second-order valence-corrected chi connectivity index (χ2v) is 6.18. The van der Waals surface area contributed by atoms with Crippen molar-refractivity contribution >= 4 is 28.2 Å². The van der Waals surface area contributed by atoms with E-state index < -0.39 is 11.5 Å². The first kappa shape index (κ1) is 17.4. The van der Waals surface area contributed by atoms with Gasteiger partial charge in [0, 0.05) is 18.5 Å². The van der Waals surface area contributed by atoms with Crippen molar-refractivity contribution in [3.63, 3.8) is 0 Å². The maximum absolute atomic E-state index is 14.7. The number of pyridine rings is 1. The van der Waals surface area contributed by atoms with E-state index in [1.807, 2.05) is 6.07 Å². The van der Waals surface area contributed by atoms with Crippen LogP contribution in [0.25, 0.3) is 27.6 Å². The number of ether oxygens (including phenoxy) is 1. The number of halogens is 1. The van der Waals surface area contributed by atoms with Crippen molar-refractivity contribution in [3.8, 4) is 17.5 Å². The van der Waals surface area contributed by atoms with Crippen molar-refractivity contribution in [3.05, 3.63) is 64.0 Å². The van der Waals surface area contributed by atoms with Gasteiger partial charge in [-0.1, -0.05) is 0 Å². The van der Waals surface area contributed by atoms with Crippen LogP contribution in [0.15, 0.2) is 41.3 Å². The number of aldehydes is 1. The molecule has 0 N–H and O–H groups in total. The van der Waals surface area contributed by atoms with Gasteiger partial charge in [-0.25, -0.2) is 9.18 Å². The number of fused-ring (bicyclic) bond motifs is 3. The number of methoxy groups -OCH3 is 1. The minimum Gasteiger partial charge on any atom is -0.496 e. The molecule has 0 spiro atoms. The maximum atomic E-state index is 14.7. The monoisotopic (exact) mass is 376 g/mol. The average molecular weight is 376 g/mol. The summed E-state index contributed by atoms with van der Waals surface area (Å²) in [5.74, 6) is -0.355. The lowest BCUT2D eigenvalue weighted by atomic mass is 10.1. The normalized spacial score (nSPS) is 10.9. The fourth-order valence-electron chi connectivity index (χ4n) is 3.29. The Morgan fingerprint density at radius 3 is 2.71 bits per heavy atom. The summed E-state index contributed by atoms with van der Waals surface area (Å²) in [6, 6.07) is 8.91. The molecule has 0 aliphatic rings. The predicted octanol–water partition coefficient (Wildman–Crippen LogP) is 2.71. The first-order chi connectivity index (χ1) is 13.5. The summed E-state index contributed by atoms with van der Waals surface area (Å²) in [7, 11) is 3.00. The standard InChI is InChI=1S/C20H13FN4O3/c1-24-17-9-23-15-7-18(28-2)12(10-26)6-13(15)19(17)25(20(24)27)16-4-3-11(8-22)5-14(16)21/h3-7,9-10H,1-2H3. The van der Waals surface area contributed by atoms with Crippen LogP contribution in [0.5, 0.6) is 5.75 Å². The number of aromatic nitrogens is 3. The van der Waals surface area contributed by atoms with Gasteiger partial charge in [-0.2, -0.15) is 5.26 Å². The van der Waals surface area contributed by atoms with E-state index in [0.29, 0.717) is 34.0 Å². The Morgan fingerprint density at radius 2 is 2.07 bits per heavy atom. The maximum Gasteiger partial charge on any atom is 0.333 e. The molecule has 0 saturated heterocycles. The summed E-state index contributed by atoms with van der Waals surface area (Å²) in [5, 5.41) is 9.46. The number of imidazole rings is 1. The lowest BCUT2D eigenvalue weighted by Gasteiger charge is -2.09. The van der Waals surface area contributed by atoms with E-state index in [1.54, 1.807) is 19.2 Å². The van der Waals surface area contributed by atoms with Crippen LogP contribution < -0.4 is 10.4 Å². The number of hydrogen-bond acceptors (Lipinski definition) is 5. The van der Waals surface area contributed by atoms with Crippen molar-refractivity contribution in [2.45, 2.75) is 0 Å². The van der Waals surface area contributed by atoms with E-state index in [0.717, 1.165) is 6.07 Å². The molecule has 2 aromatic heterocycles. The summed E-state index contributed by atoms with van der Waals surface area (Å²) in [6.07, 6.45) is 2.15. The van der Waals surface area contributed by atoms with Crippen LogP contribution in [0.4, 0.5) is 4.39 Å². The van der Waals surface area contributed by atoms with Crippen molar-refractivity contribution in [1.29, 1.82) is 5.26 Å². The van der Waals surface area contributed by atoms with E-state index in [9.17, 15) is 14.0 Å². The molecule has 7 nitrogen and oxygen atoms in total. The zero-order valence-corrected chi connectivity index (χ0v) is 14.9. The van der Waals surface area contributed by atoms with Gasteiger partial charge >= 0.3 is 5.69 Å². The summed E-state index contributed by atoms with van der Waals surface area (Å²) in [6.45, 7) is 0. The molecule has 8 heteroatoms. The topological polar surface area (TPSA) is 89.9 Å². The van der Waals surface area contributed by atoms with Crippen LogP contribution in [0, 0.1) is 17.1 Å². The summed E-state index contributed by atoms with van der Waals surface area (Å²) in [5.41, 5.74) is 1.34. The predicted molar refractivity (Wildman–Crippen MR) is 100 cm³/mol. The number of aryl methyl sites for hydroxylation is 1. The molecule has 0 atom stereocenters. The molecular formula is C20H13FN4O3. The highest BCUT2D eigenvalue weighted by atomic mass is 19.1. The third-order valence-corrected chi connectivity index (χ3v) is 4.68. The Labute approximate surface area is 157 Å². The SMILES string of the molecule is COc1cc2ncc3c(c2cc1C=O)n(-c1ccc(C#N)cc1F)c(=O)n3C. The van der Waals surface area contributed by atoms with Crippen LogP contribution in [0.3, 0.4) is 0 Å². The molecule has 0 saturated carbocycles. The van der Waals surface area contributed by atoms with Crippen LogP contribution in [0.2, 0.25) is 0 Å². The van der Waals surface area contributed by atoms with Crippen molar-refractivity contribution in [2.24, 2.45) is 7.05 Å². The zero-order chi connectivity index (χ0) is 20.0. The third-order valence-electron chi connectivity index (χ3n) is 4.68. The Balaban J connectivity index is 2.19. The molecule has 0 fully saturated rings. The van der Waals surface area contributed by atoms with E-state index in [2.05, 4.69) is 4.98 Å². The van der Waals surface area contributed by atoms with Crippen molar-refractivity contribution in [2.75, 3.05) is 7.11 Å². The van der Waals surface area contributed by atoms with E-state index in [-0.39, 0.29) is 16.8 Å². The molecule has 0 aliphatic heterocycles. The number of nitriles is 1. The molecule has 0 bridgehead atoms. The van der Waals surface area contributed by atoms with Gasteiger partial charge in [0.05, 0.1) is 52.7 Å². The molecule has 4 aromatic rings. The fraction of sp³-hybridized carbons (Fsp3) is 0.100. The molecular weight excluding hydrogens is 363 g/mol. The third kappa shape index (κ3) is 2.37. The van der Waals surface area contributed by atoms with E-state index in [1.165, 1.54) is 34.6 Å². The highest BCUT2D eigenvalue weighted by Gasteiger charge is 2.20. The first-order valence-corrected chi connectivity index (χ1v) is 8.23. The van der Waals surface area contributed by atoms with Crippen LogP contribution in [-0.2, 0) is 7.05 Å². The Morgan fingerprint density at radius 1 is 1.29 bits per heavy atom. The number of benzene rings is 2. The smallest absolute Gasteiger partial charge is 0.333 e. The number of hydrogen-bond donors (Lipinski definition) is 0. The largest absolute Gasteiger partial charge is 0.496 e. The molecule has 2 heterocycles. The highest BCUT2D eigenvalue weighted by Crippen LogP contribution is 2.30. The van der Waals surface area contributed by atoms with Crippen LogP contribution >= 0.6 is 0 Å². The Bertz CT molecular complexity index is 1380. The van der Waals surface area contributed by atoms with Gasteiger partial charge in [-0.05, 0) is 24.3 Å². The van der Waals surface area contributed by atoms with Gasteiger partial charge in [0.25, 0.3) is 0 Å². The number of carbonyl (C=O) groups excluding carboxylic acids is 1. The molecule has 28 heavy (non-hydrogen) atoms. The number of rotatable bonds is 3. The molecule has 0 radical (unpaired) electrons. The molecule has 138 valence electrons. The Kier molecular flexibility index (Phi) is 3.93. The number of carbonyl (C=O) groups is 1. The lowest BCUT2D eigenvalue weighted by molar-refractivity contribution is 0.112. The minimum absolute atomic E-state index is 0.00516. The van der Waals surface area contributed by atoms with Gasteiger partial charge in [0.2, 0.25) is 0 Å². The summed E-state index contributed by atoms with van der Waals surface area (Å²) in [4.78, 5) is 28.7. The van der Waals surface area contributed by atoms with Gasteiger partial charge in [0.15, 0.2) is 6.29 Å². The van der Waals surface area contributed by atoms with Gasteiger partial charge in [0.1, 0.15) is 11.6 Å². The molecule has 0 unspecified atom stereocenters. The van der Waals surface area contributed by atoms with E-state index in [4.69, 9.17) is 10.00 Å². The van der Waals surface area contributed by atoms with Crippen LogP contribution in [-0.4, -0.2) is 27.5 Å². The van der Waals surface area contributed by atoms with Gasteiger partial charge in [-0.15, -0.1) is 0 Å².